The highest BCUT2D eigenvalue weighted by Crippen LogP contribution is 2.64. The van der Waals surface area contributed by atoms with Crippen LogP contribution in [0.4, 0.5) is 0 Å². The second-order valence-electron chi connectivity index (χ2n) is 11.7. The standard InChI is InChI=1S/C27H44O3/c1-18(2)9-8-10-19(3)21-12-13-22-20(17-25(29)30)23(14-16-26(21,22)4)27(5)15-7-6-11-24(27)28/h6,11,18-23H,7-10,12-17H2,1-5H3,(H,29,30)/t19-,20+,21-,22+,23+,26-,27-/m1/s1. The average molecular weight is 417 g/mol. The molecular formula is C27H44O3. The zero-order valence-corrected chi connectivity index (χ0v) is 20.0. The molecule has 3 aliphatic carbocycles. The number of carbonyl (C=O) groups is 2. The van der Waals surface area contributed by atoms with E-state index in [1.54, 1.807) is 6.08 Å². The van der Waals surface area contributed by atoms with Gasteiger partial charge in [0, 0.05) is 11.8 Å². The van der Waals surface area contributed by atoms with Gasteiger partial charge >= 0.3 is 5.97 Å². The number of hydrogen-bond donors (Lipinski definition) is 1. The molecule has 0 saturated heterocycles. The first-order valence-electron chi connectivity index (χ1n) is 12.5. The summed E-state index contributed by atoms with van der Waals surface area (Å²) in [6.45, 7) is 11.6. The van der Waals surface area contributed by atoms with Crippen LogP contribution >= 0.6 is 0 Å². The van der Waals surface area contributed by atoms with Crippen molar-refractivity contribution in [2.24, 2.45) is 46.3 Å². The van der Waals surface area contributed by atoms with Crippen LogP contribution < -0.4 is 0 Å². The third-order valence-corrected chi connectivity index (χ3v) is 9.53. The number of carboxylic acid groups (broad SMARTS) is 1. The van der Waals surface area contributed by atoms with Gasteiger partial charge in [-0.3, -0.25) is 9.59 Å². The molecule has 7 atom stereocenters. The Hall–Kier alpha value is -1.12. The Labute approximate surface area is 184 Å². The number of ketones is 1. The summed E-state index contributed by atoms with van der Waals surface area (Å²) >= 11 is 0. The highest BCUT2D eigenvalue weighted by molar-refractivity contribution is 5.95. The number of allylic oxidation sites excluding steroid dienone is 2. The van der Waals surface area contributed by atoms with E-state index in [9.17, 15) is 14.7 Å². The molecule has 170 valence electrons. The molecule has 1 N–H and O–H groups in total. The van der Waals surface area contributed by atoms with Crippen molar-refractivity contribution in [2.75, 3.05) is 0 Å². The van der Waals surface area contributed by atoms with Crippen molar-refractivity contribution in [1.29, 1.82) is 0 Å². The lowest BCUT2D eigenvalue weighted by Gasteiger charge is -2.54. The zero-order chi connectivity index (χ0) is 22.1. The number of rotatable bonds is 8. The van der Waals surface area contributed by atoms with Crippen LogP contribution in [-0.4, -0.2) is 16.9 Å². The highest BCUT2D eigenvalue weighted by Gasteiger charge is 2.58. The fraction of sp³-hybridized carbons (Fsp3) is 0.852. The van der Waals surface area contributed by atoms with Crippen molar-refractivity contribution in [3.8, 4) is 0 Å². The quantitative estimate of drug-likeness (QED) is 0.468. The van der Waals surface area contributed by atoms with Gasteiger partial charge in [0.2, 0.25) is 0 Å². The van der Waals surface area contributed by atoms with Crippen molar-refractivity contribution in [2.45, 2.75) is 98.8 Å². The maximum absolute atomic E-state index is 12.9. The average Bonchev–Trinajstić information content (AvgIpc) is 3.01. The molecule has 3 rings (SSSR count). The Morgan fingerprint density at radius 3 is 2.47 bits per heavy atom. The molecule has 3 heteroatoms. The molecule has 0 spiro atoms. The predicted molar refractivity (Wildman–Crippen MR) is 122 cm³/mol. The van der Waals surface area contributed by atoms with E-state index >= 15 is 0 Å². The van der Waals surface area contributed by atoms with Gasteiger partial charge in [-0.1, -0.05) is 60.0 Å². The van der Waals surface area contributed by atoms with Crippen LogP contribution in [0.5, 0.6) is 0 Å². The Bertz CT molecular complexity index is 665. The summed E-state index contributed by atoms with van der Waals surface area (Å²) in [6, 6.07) is 0. The summed E-state index contributed by atoms with van der Waals surface area (Å²) in [4.78, 5) is 24.8. The Balaban J connectivity index is 1.81. The molecule has 30 heavy (non-hydrogen) atoms. The second kappa shape index (κ2) is 9.17. The molecule has 3 nitrogen and oxygen atoms in total. The van der Waals surface area contributed by atoms with E-state index in [0.717, 1.165) is 38.0 Å². The van der Waals surface area contributed by atoms with E-state index in [1.165, 1.54) is 25.7 Å². The maximum Gasteiger partial charge on any atom is 0.303 e. The number of hydrogen-bond acceptors (Lipinski definition) is 2. The van der Waals surface area contributed by atoms with Crippen molar-refractivity contribution in [1.82, 2.24) is 0 Å². The SMILES string of the molecule is CC(C)CCC[C@@H](C)[C@H]1CC[C@H]2[C@H](CC(=O)O)[C@@H]([C@@]3(C)CCC=CC3=O)CC[C@]12C. The summed E-state index contributed by atoms with van der Waals surface area (Å²) in [6.07, 6.45) is 14.2. The Morgan fingerprint density at radius 1 is 1.10 bits per heavy atom. The lowest BCUT2D eigenvalue weighted by molar-refractivity contribution is -0.146. The first kappa shape index (κ1) is 23.5. The minimum atomic E-state index is -0.690. The van der Waals surface area contributed by atoms with E-state index in [4.69, 9.17) is 0 Å². The summed E-state index contributed by atoms with van der Waals surface area (Å²) < 4.78 is 0. The second-order valence-corrected chi connectivity index (χ2v) is 11.7. The van der Waals surface area contributed by atoms with Crippen molar-refractivity contribution >= 4 is 11.8 Å². The van der Waals surface area contributed by atoms with E-state index in [2.05, 4.69) is 34.6 Å². The topological polar surface area (TPSA) is 54.4 Å². The largest absolute Gasteiger partial charge is 0.481 e. The lowest BCUT2D eigenvalue weighted by Crippen LogP contribution is -2.50. The molecule has 0 aliphatic heterocycles. The summed E-state index contributed by atoms with van der Waals surface area (Å²) in [7, 11) is 0. The number of carbonyl (C=O) groups excluding carboxylic acids is 1. The van der Waals surface area contributed by atoms with Gasteiger partial charge in [-0.25, -0.2) is 0 Å². The van der Waals surface area contributed by atoms with Crippen LogP contribution in [0.15, 0.2) is 12.2 Å². The first-order chi connectivity index (χ1) is 14.1. The predicted octanol–water partition coefficient (Wildman–Crippen LogP) is 6.91. The molecule has 0 aromatic heterocycles. The molecule has 0 unspecified atom stereocenters. The van der Waals surface area contributed by atoms with Crippen molar-refractivity contribution in [3.05, 3.63) is 12.2 Å². The minimum absolute atomic E-state index is 0.134. The summed E-state index contributed by atoms with van der Waals surface area (Å²) in [5.41, 5.74) is -0.144. The van der Waals surface area contributed by atoms with Gasteiger partial charge < -0.3 is 5.11 Å². The highest BCUT2D eigenvalue weighted by atomic mass is 16.4. The first-order valence-corrected chi connectivity index (χ1v) is 12.5. The number of carboxylic acids is 1. The van der Waals surface area contributed by atoms with Crippen LogP contribution in [0, 0.1) is 46.3 Å². The van der Waals surface area contributed by atoms with E-state index in [1.807, 2.05) is 6.08 Å². The van der Waals surface area contributed by atoms with Crippen molar-refractivity contribution < 1.29 is 14.7 Å². The molecule has 2 fully saturated rings. The Kier molecular flexibility index (Phi) is 7.19. The van der Waals surface area contributed by atoms with Crippen LogP contribution in [0.3, 0.4) is 0 Å². The molecular weight excluding hydrogens is 372 g/mol. The molecule has 0 heterocycles. The number of fused-ring (bicyclic) bond motifs is 1. The van der Waals surface area contributed by atoms with Gasteiger partial charge in [0.1, 0.15) is 0 Å². The summed E-state index contributed by atoms with van der Waals surface area (Å²) in [5.74, 6) is 2.49. The molecule has 2 saturated carbocycles. The van der Waals surface area contributed by atoms with Gasteiger partial charge in [0.15, 0.2) is 5.78 Å². The van der Waals surface area contributed by atoms with Crippen LogP contribution in [0.25, 0.3) is 0 Å². The maximum atomic E-state index is 12.9. The molecule has 0 bridgehead atoms. The van der Waals surface area contributed by atoms with E-state index in [-0.39, 0.29) is 34.9 Å². The van der Waals surface area contributed by atoms with E-state index < -0.39 is 5.97 Å². The van der Waals surface area contributed by atoms with Gasteiger partial charge in [-0.15, -0.1) is 0 Å². The molecule has 0 amide bonds. The fourth-order valence-electron chi connectivity index (χ4n) is 7.84. The van der Waals surface area contributed by atoms with Gasteiger partial charge in [0.25, 0.3) is 0 Å². The molecule has 3 aliphatic rings. The van der Waals surface area contributed by atoms with Gasteiger partial charge in [-0.05, 0) is 85.5 Å². The van der Waals surface area contributed by atoms with Crippen LogP contribution in [0.2, 0.25) is 0 Å². The van der Waals surface area contributed by atoms with Gasteiger partial charge in [-0.2, -0.15) is 0 Å². The smallest absolute Gasteiger partial charge is 0.303 e. The molecule has 0 aromatic rings. The van der Waals surface area contributed by atoms with Crippen LogP contribution in [-0.2, 0) is 9.59 Å². The normalized spacial score (nSPS) is 39.9. The Morgan fingerprint density at radius 2 is 1.83 bits per heavy atom. The van der Waals surface area contributed by atoms with Crippen LogP contribution in [0.1, 0.15) is 98.8 Å². The number of aliphatic carboxylic acids is 1. The summed E-state index contributed by atoms with van der Waals surface area (Å²) in [5, 5.41) is 9.78. The third kappa shape index (κ3) is 4.41. The third-order valence-electron chi connectivity index (χ3n) is 9.53. The molecule has 0 radical (unpaired) electrons. The lowest BCUT2D eigenvalue weighted by atomic mass is 9.50. The van der Waals surface area contributed by atoms with Gasteiger partial charge in [0.05, 0.1) is 0 Å². The molecule has 0 aromatic carbocycles. The monoisotopic (exact) mass is 416 g/mol. The van der Waals surface area contributed by atoms with E-state index in [0.29, 0.717) is 17.8 Å². The minimum Gasteiger partial charge on any atom is -0.481 e. The fourth-order valence-corrected chi connectivity index (χ4v) is 7.84. The van der Waals surface area contributed by atoms with Crippen molar-refractivity contribution in [3.63, 3.8) is 0 Å². The zero-order valence-electron chi connectivity index (χ0n) is 20.0.